The first-order valence-electron chi connectivity index (χ1n) is 12.1. The molecule has 4 rings (SSSR count). The number of rotatable bonds is 7. The van der Waals surface area contributed by atoms with Crippen LogP contribution in [0, 0.1) is 11.8 Å². The van der Waals surface area contributed by atoms with Crippen LogP contribution in [0.25, 0.3) is 0 Å². The predicted molar refractivity (Wildman–Crippen MR) is 133 cm³/mol. The molecule has 8 nitrogen and oxygen atoms in total. The van der Waals surface area contributed by atoms with Gasteiger partial charge < -0.3 is 14.2 Å². The van der Waals surface area contributed by atoms with Gasteiger partial charge in [-0.3, -0.25) is 19.6 Å². The fraction of sp³-hybridized carbons (Fsp3) is 0.393. The molecule has 1 saturated carbocycles. The maximum Gasteiger partial charge on any atom is 0.336 e. The Kier molecular flexibility index (Phi) is 7.62. The van der Waals surface area contributed by atoms with Gasteiger partial charge in [-0.05, 0) is 50.5 Å². The van der Waals surface area contributed by atoms with E-state index in [0.29, 0.717) is 34.7 Å². The molecule has 0 bridgehead atoms. The molecule has 0 spiro atoms. The maximum absolute atomic E-state index is 14.3. The number of nitrogens with zero attached hydrogens (tertiary/aromatic N) is 2. The zero-order chi connectivity index (χ0) is 25.8. The summed E-state index contributed by atoms with van der Waals surface area (Å²) >= 11 is 0. The Balaban J connectivity index is 1.90. The van der Waals surface area contributed by atoms with E-state index in [1.54, 1.807) is 52.4 Å². The highest BCUT2D eigenvalue weighted by atomic mass is 16.5. The number of benzene rings is 1. The molecule has 0 amide bonds. The smallest absolute Gasteiger partial charge is 0.336 e. The lowest BCUT2D eigenvalue weighted by atomic mass is 9.62. The number of fused-ring (bicyclic) bond motifs is 1. The van der Waals surface area contributed by atoms with E-state index in [1.807, 2.05) is 24.3 Å². The molecule has 2 aliphatic rings. The first-order valence-corrected chi connectivity index (χ1v) is 12.1. The lowest BCUT2D eigenvalue weighted by Gasteiger charge is -2.41. The minimum atomic E-state index is -1.08. The molecule has 2 heterocycles. The van der Waals surface area contributed by atoms with Gasteiger partial charge in [0.1, 0.15) is 11.7 Å². The number of hydrogen-bond acceptors (Lipinski definition) is 8. The van der Waals surface area contributed by atoms with E-state index >= 15 is 0 Å². The molecule has 1 unspecified atom stereocenters. The van der Waals surface area contributed by atoms with Crippen molar-refractivity contribution in [2.45, 2.75) is 39.0 Å². The highest BCUT2D eigenvalue weighted by Crippen LogP contribution is 2.49. The molecule has 1 aromatic heterocycles. The first kappa shape index (κ1) is 25.3. The molecule has 1 aromatic carbocycles. The minimum absolute atomic E-state index is 0.145. The van der Waals surface area contributed by atoms with Crippen LogP contribution in [0.1, 0.15) is 50.2 Å². The second-order valence-electron chi connectivity index (χ2n) is 8.75. The number of para-hydroxylation sites is 1. The Labute approximate surface area is 210 Å². The van der Waals surface area contributed by atoms with Crippen LogP contribution in [-0.4, -0.2) is 48.7 Å². The number of Topliss-reactive ketones (excluding diaryl/α,β-unsaturated/α-hetero) is 1. The van der Waals surface area contributed by atoms with Gasteiger partial charge in [-0.2, -0.15) is 0 Å². The van der Waals surface area contributed by atoms with Gasteiger partial charge in [-0.25, -0.2) is 4.79 Å². The number of carbonyl (C=O) groups is 3. The fourth-order valence-corrected chi connectivity index (χ4v) is 5.34. The van der Waals surface area contributed by atoms with Crippen LogP contribution in [-0.2, 0) is 23.9 Å². The highest BCUT2D eigenvalue weighted by molar-refractivity contribution is 6.18. The monoisotopic (exact) mass is 490 g/mol. The van der Waals surface area contributed by atoms with Crippen LogP contribution in [0.4, 0.5) is 0 Å². The Morgan fingerprint density at radius 3 is 2.44 bits per heavy atom. The van der Waals surface area contributed by atoms with Crippen LogP contribution in [0.15, 0.2) is 65.1 Å². The zero-order valence-electron chi connectivity index (χ0n) is 20.9. The average molecular weight is 491 g/mol. The summed E-state index contributed by atoms with van der Waals surface area (Å²) in [4.78, 5) is 49.6. The van der Waals surface area contributed by atoms with Crippen molar-refractivity contribution >= 4 is 23.4 Å². The van der Waals surface area contributed by atoms with Crippen molar-refractivity contribution in [2.24, 2.45) is 16.8 Å². The van der Waals surface area contributed by atoms with Gasteiger partial charge >= 0.3 is 11.9 Å². The number of allylic oxidation sites excluding steroid dienone is 1. The molecule has 36 heavy (non-hydrogen) atoms. The fourth-order valence-electron chi connectivity index (χ4n) is 5.34. The highest BCUT2D eigenvalue weighted by Gasteiger charge is 2.53. The van der Waals surface area contributed by atoms with Crippen molar-refractivity contribution in [1.82, 2.24) is 4.98 Å². The molecule has 188 valence electrons. The third-order valence-electron chi connectivity index (χ3n) is 6.77. The van der Waals surface area contributed by atoms with Crippen LogP contribution in [0.2, 0.25) is 0 Å². The summed E-state index contributed by atoms with van der Waals surface area (Å²) in [5, 5.41) is 0. The molecular weight excluding hydrogens is 460 g/mol. The maximum atomic E-state index is 14.3. The van der Waals surface area contributed by atoms with E-state index < -0.39 is 35.6 Å². The number of ether oxygens (including phenoxy) is 3. The van der Waals surface area contributed by atoms with Crippen LogP contribution in [0.3, 0.4) is 0 Å². The Morgan fingerprint density at radius 2 is 1.78 bits per heavy atom. The van der Waals surface area contributed by atoms with Crippen molar-refractivity contribution in [2.75, 3.05) is 20.3 Å². The van der Waals surface area contributed by atoms with Gasteiger partial charge in [0, 0.05) is 35.6 Å². The predicted octanol–water partition coefficient (Wildman–Crippen LogP) is 4.02. The van der Waals surface area contributed by atoms with E-state index in [9.17, 15) is 14.4 Å². The third kappa shape index (κ3) is 4.55. The van der Waals surface area contributed by atoms with Crippen LogP contribution in [0.5, 0.6) is 5.75 Å². The van der Waals surface area contributed by atoms with Crippen LogP contribution >= 0.6 is 0 Å². The molecule has 0 N–H and O–H groups in total. The summed E-state index contributed by atoms with van der Waals surface area (Å²) in [6.07, 6.45) is 3.60. The Morgan fingerprint density at radius 1 is 1.03 bits per heavy atom. The van der Waals surface area contributed by atoms with E-state index in [4.69, 9.17) is 19.2 Å². The molecule has 0 radical (unpaired) electrons. The lowest BCUT2D eigenvalue weighted by Crippen LogP contribution is -2.48. The number of ketones is 1. The molecule has 1 fully saturated rings. The molecule has 0 saturated heterocycles. The van der Waals surface area contributed by atoms with Crippen molar-refractivity contribution in [3.05, 3.63) is 71.2 Å². The topological polar surface area (TPSA) is 104 Å². The minimum Gasteiger partial charge on any atom is -0.496 e. The molecule has 1 aliphatic heterocycles. The normalized spacial score (nSPS) is 23.4. The summed E-state index contributed by atoms with van der Waals surface area (Å²) in [5.41, 5.74) is 2.85. The van der Waals surface area contributed by atoms with Crippen molar-refractivity contribution in [3.63, 3.8) is 0 Å². The number of aromatic nitrogens is 1. The summed E-state index contributed by atoms with van der Waals surface area (Å²) in [6.45, 7) is 5.52. The summed E-state index contributed by atoms with van der Waals surface area (Å²) in [5.74, 6) is -3.96. The average Bonchev–Trinajstić information content (AvgIpc) is 2.88. The van der Waals surface area contributed by atoms with Crippen molar-refractivity contribution in [3.8, 4) is 5.75 Å². The Hall–Kier alpha value is -3.81. The second-order valence-corrected chi connectivity index (χ2v) is 8.75. The molecule has 4 atom stereocenters. The SMILES string of the molecule is CCOC(=O)C1=C(C)N=C2C[C@@H](c3ccccc3OC)[C@@H](C(=O)OCC)C(=O)C2[C@@H]1c1cccnc1. The zero-order valence-corrected chi connectivity index (χ0v) is 20.9. The quantitative estimate of drug-likeness (QED) is 0.426. The lowest BCUT2D eigenvalue weighted by molar-refractivity contribution is -0.153. The van der Waals surface area contributed by atoms with Crippen LogP contribution < -0.4 is 4.74 Å². The Bertz CT molecular complexity index is 1220. The van der Waals surface area contributed by atoms with Gasteiger partial charge in [0.2, 0.25) is 0 Å². The number of methoxy groups -OCH3 is 1. The van der Waals surface area contributed by atoms with Gasteiger partial charge in [0.05, 0.1) is 31.8 Å². The summed E-state index contributed by atoms with van der Waals surface area (Å²) in [7, 11) is 1.56. The number of carbonyl (C=O) groups excluding carboxylic acids is 3. The van der Waals surface area contributed by atoms with Gasteiger partial charge in [0.25, 0.3) is 0 Å². The van der Waals surface area contributed by atoms with E-state index in [2.05, 4.69) is 4.98 Å². The molecular formula is C28H30N2O6. The number of aliphatic imine (C=N–C) groups is 1. The number of hydrogen-bond donors (Lipinski definition) is 0. The van der Waals surface area contributed by atoms with Gasteiger partial charge in [0.15, 0.2) is 5.78 Å². The van der Waals surface area contributed by atoms with Gasteiger partial charge in [-0.1, -0.05) is 24.3 Å². The number of esters is 2. The number of pyridine rings is 1. The van der Waals surface area contributed by atoms with Crippen molar-refractivity contribution < 1.29 is 28.6 Å². The van der Waals surface area contributed by atoms with E-state index in [-0.39, 0.29) is 19.0 Å². The van der Waals surface area contributed by atoms with Gasteiger partial charge in [-0.15, -0.1) is 0 Å². The van der Waals surface area contributed by atoms with E-state index in [1.165, 1.54) is 0 Å². The molecule has 2 aromatic rings. The van der Waals surface area contributed by atoms with Crippen molar-refractivity contribution in [1.29, 1.82) is 0 Å². The first-order chi connectivity index (χ1) is 17.4. The second kappa shape index (κ2) is 10.8. The summed E-state index contributed by atoms with van der Waals surface area (Å²) in [6, 6.07) is 10.9. The standard InChI is InChI=1S/C28H30N2O6/c1-5-35-27(32)22-16(3)30-20-14-19(18-11-7-8-12-21(18)34-4)24(28(33)36-6-2)26(31)25(20)23(22)17-10-9-13-29-15-17/h7-13,15,19,23-25H,5-6,14H2,1-4H3/t19-,23+,24+,25?/m0/s1. The summed E-state index contributed by atoms with van der Waals surface area (Å²) < 4.78 is 16.3. The largest absolute Gasteiger partial charge is 0.496 e. The third-order valence-corrected chi connectivity index (χ3v) is 6.77. The molecule has 8 heteroatoms. The van der Waals surface area contributed by atoms with E-state index in [0.717, 1.165) is 5.56 Å². The molecule has 1 aliphatic carbocycles.